The molecule has 0 aliphatic heterocycles. The molecule has 1 aromatic rings. The molecule has 2 unspecified atom stereocenters. The maximum absolute atomic E-state index is 9.66. The summed E-state index contributed by atoms with van der Waals surface area (Å²) in [6, 6.07) is 6.54. The zero-order chi connectivity index (χ0) is 13.9. The lowest BCUT2D eigenvalue weighted by Crippen LogP contribution is -2.23. The van der Waals surface area contributed by atoms with Crippen LogP contribution in [0.3, 0.4) is 0 Å². The highest BCUT2D eigenvalue weighted by Gasteiger charge is 2.16. The normalized spacial score (nSPS) is 15.5. The molecule has 2 N–H and O–H groups in total. The van der Waals surface area contributed by atoms with Gasteiger partial charge in [-0.2, -0.15) is 0 Å². The summed E-state index contributed by atoms with van der Waals surface area (Å²) < 4.78 is 0. The molecule has 0 saturated heterocycles. The molecule has 0 radical (unpaired) electrons. The lowest BCUT2D eigenvalue weighted by atomic mass is 9.84. The number of hydrogen-bond donors (Lipinski definition) is 2. The lowest BCUT2D eigenvalue weighted by Gasteiger charge is -2.21. The first-order chi connectivity index (χ1) is 8.21. The van der Waals surface area contributed by atoms with Gasteiger partial charge >= 0.3 is 0 Å². The Morgan fingerprint density at radius 3 is 2.28 bits per heavy atom. The highest BCUT2D eigenvalue weighted by atomic mass is 16.3. The van der Waals surface area contributed by atoms with Gasteiger partial charge in [0.25, 0.3) is 0 Å². The molecule has 0 heterocycles. The third-order valence-corrected chi connectivity index (χ3v) is 3.48. The van der Waals surface area contributed by atoms with Crippen LogP contribution in [0.1, 0.15) is 50.8 Å². The van der Waals surface area contributed by atoms with Crippen LogP contribution in [0.15, 0.2) is 18.2 Å². The monoisotopic (exact) mass is 250 g/mol. The molecule has 0 bridgehead atoms. The molecule has 0 aliphatic rings. The molecular formula is C16H26O2. The highest BCUT2D eigenvalue weighted by molar-refractivity contribution is 5.34. The molecule has 0 amide bonds. The molecule has 0 fully saturated rings. The van der Waals surface area contributed by atoms with Crippen molar-refractivity contribution in [2.24, 2.45) is 0 Å². The van der Waals surface area contributed by atoms with Gasteiger partial charge in [0, 0.05) is 0 Å². The smallest absolute Gasteiger partial charge is 0.0799 e. The molecule has 2 atom stereocenters. The van der Waals surface area contributed by atoms with Crippen LogP contribution in [0.2, 0.25) is 0 Å². The third-order valence-electron chi connectivity index (χ3n) is 3.48. The number of rotatable bonds is 4. The topological polar surface area (TPSA) is 40.5 Å². The minimum absolute atomic E-state index is 0.144. The standard InChI is InChI=1S/C16H26O2/c1-11-6-8-14(16(3,4)5)10-13(11)7-9-15(18)12(2)17/h6,8,10,12,15,17-18H,7,9H2,1-5H3. The first-order valence-electron chi connectivity index (χ1n) is 6.68. The van der Waals surface area contributed by atoms with Crippen LogP contribution in [-0.4, -0.2) is 22.4 Å². The Balaban J connectivity index is 2.82. The van der Waals surface area contributed by atoms with Gasteiger partial charge in [0.2, 0.25) is 0 Å². The summed E-state index contributed by atoms with van der Waals surface area (Å²) in [6.45, 7) is 10.3. The van der Waals surface area contributed by atoms with Crippen molar-refractivity contribution in [1.29, 1.82) is 0 Å². The lowest BCUT2D eigenvalue weighted by molar-refractivity contribution is 0.0265. The van der Waals surface area contributed by atoms with Crippen molar-refractivity contribution in [2.75, 3.05) is 0 Å². The Kier molecular flexibility index (Phi) is 4.94. The van der Waals surface area contributed by atoms with Gasteiger partial charge in [0.15, 0.2) is 0 Å². The van der Waals surface area contributed by atoms with Crippen LogP contribution in [0.25, 0.3) is 0 Å². The Labute approximate surface area is 111 Å². The Hall–Kier alpha value is -0.860. The van der Waals surface area contributed by atoms with Crippen LogP contribution in [0.4, 0.5) is 0 Å². The number of aryl methyl sites for hydroxylation is 2. The van der Waals surface area contributed by atoms with E-state index in [0.29, 0.717) is 6.42 Å². The molecule has 0 aliphatic carbocycles. The summed E-state index contributed by atoms with van der Waals surface area (Å²) in [7, 11) is 0. The number of hydrogen-bond acceptors (Lipinski definition) is 2. The van der Waals surface area contributed by atoms with E-state index in [1.807, 2.05) is 0 Å². The van der Waals surface area contributed by atoms with Crippen LogP contribution in [0.5, 0.6) is 0 Å². The first-order valence-corrected chi connectivity index (χ1v) is 6.68. The Morgan fingerprint density at radius 2 is 1.78 bits per heavy atom. The van der Waals surface area contributed by atoms with E-state index in [-0.39, 0.29) is 5.41 Å². The average Bonchev–Trinajstić information content (AvgIpc) is 2.25. The minimum atomic E-state index is -0.656. The maximum Gasteiger partial charge on any atom is 0.0799 e. The fourth-order valence-corrected chi connectivity index (χ4v) is 1.95. The van der Waals surface area contributed by atoms with Crippen molar-refractivity contribution >= 4 is 0 Å². The predicted molar refractivity (Wildman–Crippen MR) is 75.9 cm³/mol. The second-order valence-corrected chi connectivity index (χ2v) is 6.24. The summed E-state index contributed by atoms with van der Waals surface area (Å²) in [5.74, 6) is 0. The van der Waals surface area contributed by atoms with E-state index in [1.165, 1.54) is 16.7 Å². The third kappa shape index (κ3) is 4.11. The molecule has 0 saturated carbocycles. The van der Waals surface area contributed by atoms with Crippen LogP contribution >= 0.6 is 0 Å². The Morgan fingerprint density at radius 1 is 1.17 bits per heavy atom. The first kappa shape index (κ1) is 15.2. The minimum Gasteiger partial charge on any atom is -0.391 e. The van der Waals surface area contributed by atoms with Crippen LogP contribution in [-0.2, 0) is 11.8 Å². The summed E-state index contributed by atoms with van der Waals surface area (Å²) in [6.07, 6.45) is 0.118. The fraction of sp³-hybridized carbons (Fsp3) is 0.625. The van der Waals surface area contributed by atoms with E-state index < -0.39 is 12.2 Å². The molecule has 18 heavy (non-hydrogen) atoms. The average molecular weight is 250 g/mol. The van der Waals surface area contributed by atoms with Gasteiger partial charge < -0.3 is 10.2 Å². The maximum atomic E-state index is 9.66. The van der Waals surface area contributed by atoms with E-state index in [0.717, 1.165) is 6.42 Å². The van der Waals surface area contributed by atoms with Crippen molar-refractivity contribution in [3.63, 3.8) is 0 Å². The van der Waals surface area contributed by atoms with Gasteiger partial charge in [-0.3, -0.25) is 0 Å². The van der Waals surface area contributed by atoms with Gasteiger partial charge in [-0.15, -0.1) is 0 Å². The molecule has 102 valence electrons. The molecule has 0 aromatic heterocycles. The molecular weight excluding hydrogens is 224 g/mol. The van der Waals surface area contributed by atoms with Gasteiger partial charge in [0.1, 0.15) is 0 Å². The van der Waals surface area contributed by atoms with Crippen LogP contribution < -0.4 is 0 Å². The second kappa shape index (κ2) is 5.85. The number of benzene rings is 1. The van der Waals surface area contributed by atoms with Gasteiger partial charge in [-0.05, 0) is 48.8 Å². The summed E-state index contributed by atoms with van der Waals surface area (Å²) in [4.78, 5) is 0. The Bertz CT molecular complexity index is 389. The van der Waals surface area contributed by atoms with E-state index >= 15 is 0 Å². The van der Waals surface area contributed by atoms with E-state index in [1.54, 1.807) is 6.92 Å². The van der Waals surface area contributed by atoms with Gasteiger partial charge in [-0.25, -0.2) is 0 Å². The van der Waals surface area contributed by atoms with Crippen molar-refractivity contribution in [2.45, 2.75) is 65.1 Å². The van der Waals surface area contributed by atoms with Gasteiger partial charge in [0.05, 0.1) is 12.2 Å². The molecule has 1 rings (SSSR count). The van der Waals surface area contributed by atoms with E-state index in [9.17, 15) is 10.2 Å². The molecule has 2 nitrogen and oxygen atoms in total. The number of aliphatic hydroxyl groups excluding tert-OH is 2. The van der Waals surface area contributed by atoms with Gasteiger partial charge in [-0.1, -0.05) is 39.0 Å². The second-order valence-electron chi connectivity index (χ2n) is 6.24. The molecule has 2 heteroatoms. The summed E-state index contributed by atoms with van der Waals surface area (Å²) >= 11 is 0. The quantitative estimate of drug-likeness (QED) is 0.862. The van der Waals surface area contributed by atoms with Crippen molar-refractivity contribution in [3.05, 3.63) is 34.9 Å². The predicted octanol–water partition coefficient (Wildman–Crippen LogP) is 2.97. The fourth-order valence-electron chi connectivity index (χ4n) is 1.95. The molecule has 0 spiro atoms. The largest absolute Gasteiger partial charge is 0.391 e. The zero-order valence-corrected chi connectivity index (χ0v) is 12.2. The van der Waals surface area contributed by atoms with Crippen molar-refractivity contribution < 1.29 is 10.2 Å². The highest BCUT2D eigenvalue weighted by Crippen LogP contribution is 2.25. The zero-order valence-electron chi connectivity index (χ0n) is 12.2. The van der Waals surface area contributed by atoms with Crippen molar-refractivity contribution in [1.82, 2.24) is 0 Å². The summed E-state index contributed by atoms with van der Waals surface area (Å²) in [5.41, 5.74) is 3.98. The SMILES string of the molecule is Cc1ccc(C(C)(C)C)cc1CCC(O)C(C)O. The number of aliphatic hydroxyl groups is 2. The summed E-state index contributed by atoms with van der Waals surface area (Å²) in [5, 5.41) is 19.0. The van der Waals surface area contributed by atoms with Crippen molar-refractivity contribution in [3.8, 4) is 0 Å². The van der Waals surface area contributed by atoms with E-state index in [2.05, 4.69) is 45.9 Å². The van der Waals surface area contributed by atoms with E-state index in [4.69, 9.17) is 0 Å². The van der Waals surface area contributed by atoms with Crippen LogP contribution in [0, 0.1) is 6.92 Å². The molecule has 1 aromatic carbocycles.